The summed E-state index contributed by atoms with van der Waals surface area (Å²) in [6, 6.07) is 4.15. The molecule has 3 rings (SSSR count). The minimum Gasteiger partial charge on any atom is -0.496 e. The van der Waals surface area contributed by atoms with Crippen molar-refractivity contribution in [1.29, 1.82) is 0 Å². The normalized spacial score (nSPS) is 24.9. The van der Waals surface area contributed by atoms with E-state index in [0.29, 0.717) is 31.0 Å². The maximum atomic E-state index is 12.5. The average Bonchev–Trinajstić information content (AvgIpc) is 2.95. The second kappa shape index (κ2) is 4.88. The van der Waals surface area contributed by atoms with Crippen molar-refractivity contribution in [2.75, 3.05) is 20.3 Å². The lowest BCUT2D eigenvalue weighted by Gasteiger charge is -2.22. The van der Waals surface area contributed by atoms with Crippen LogP contribution in [-0.2, 0) is 19.0 Å². The van der Waals surface area contributed by atoms with E-state index in [9.17, 15) is 4.79 Å². The summed E-state index contributed by atoms with van der Waals surface area (Å²) in [7, 11) is 1.59. The third-order valence-corrected chi connectivity index (χ3v) is 4.25. The summed E-state index contributed by atoms with van der Waals surface area (Å²) < 4.78 is 16.7. The van der Waals surface area contributed by atoms with Gasteiger partial charge in [0.05, 0.1) is 20.3 Å². The molecular weight excluding hydrogens is 268 g/mol. The number of hydrogen-bond acceptors (Lipinski definition) is 4. The number of rotatable bonds is 2. The van der Waals surface area contributed by atoms with Gasteiger partial charge in [-0.3, -0.25) is 0 Å². The van der Waals surface area contributed by atoms with Gasteiger partial charge in [-0.25, -0.2) is 4.79 Å². The summed E-state index contributed by atoms with van der Waals surface area (Å²) in [5, 5.41) is 0. The van der Waals surface area contributed by atoms with Crippen LogP contribution in [-0.4, -0.2) is 31.9 Å². The van der Waals surface area contributed by atoms with Crippen molar-refractivity contribution in [2.45, 2.75) is 32.8 Å². The molecule has 1 atom stereocenters. The Hall–Kier alpha value is -1.81. The summed E-state index contributed by atoms with van der Waals surface area (Å²) >= 11 is 0. The molecular formula is C17H20O4. The van der Waals surface area contributed by atoms with Gasteiger partial charge < -0.3 is 14.2 Å². The van der Waals surface area contributed by atoms with Crippen molar-refractivity contribution >= 4 is 11.5 Å². The van der Waals surface area contributed by atoms with Gasteiger partial charge >= 0.3 is 5.97 Å². The van der Waals surface area contributed by atoms with E-state index in [1.807, 2.05) is 13.8 Å². The molecule has 0 amide bonds. The summed E-state index contributed by atoms with van der Waals surface area (Å²) in [5.41, 5.74) is 4.04. The quantitative estimate of drug-likeness (QED) is 0.785. The maximum absolute atomic E-state index is 12.5. The van der Waals surface area contributed by atoms with Gasteiger partial charge in [-0.1, -0.05) is 17.7 Å². The van der Waals surface area contributed by atoms with E-state index < -0.39 is 5.60 Å². The largest absolute Gasteiger partial charge is 0.496 e. The molecule has 2 heterocycles. The van der Waals surface area contributed by atoms with Gasteiger partial charge in [-0.05, 0) is 37.5 Å². The van der Waals surface area contributed by atoms with Gasteiger partial charge in [0, 0.05) is 6.42 Å². The molecule has 1 aromatic rings. The molecule has 1 saturated heterocycles. The molecule has 2 aliphatic rings. The predicted molar refractivity (Wildman–Crippen MR) is 78.8 cm³/mol. The third-order valence-electron chi connectivity index (χ3n) is 4.25. The number of benzene rings is 1. The molecule has 1 unspecified atom stereocenters. The molecule has 0 saturated carbocycles. The fourth-order valence-electron chi connectivity index (χ4n) is 3.48. The predicted octanol–water partition coefficient (Wildman–Crippen LogP) is 2.69. The van der Waals surface area contributed by atoms with Gasteiger partial charge in [0.25, 0.3) is 0 Å². The number of carbonyl (C=O) groups excluding carboxylic acids is 1. The first kappa shape index (κ1) is 14.1. The zero-order valence-electron chi connectivity index (χ0n) is 12.9. The zero-order chi connectivity index (χ0) is 15.2. The molecule has 0 aromatic heterocycles. The van der Waals surface area contributed by atoms with Crippen molar-refractivity contribution in [3.05, 3.63) is 40.1 Å². The Labute approximate surface area is 124 Å². The lowest BCUT2D eigenvalue weighted by molar-refractivity contribution is -0.147. The minimum atomic E-state index is -0.731. The SMILES string of the molecule is COC1=C(c2c(C)cc(C)cc2C)C(=O)OC12CCOC2. The van der Waals surface area contributed by atoms with E-state index in [1.54, 1.807) is 7.11 Å². The van der Waals surface area contributed by atoms with Crippen molar-refractivity contribution in [3.63, 3.8) is 0 Å². The highest BCUT2D eigenvalue weighted by Crippen LogP contribution is 2.44. The Morgan fingerprint density at radius 1 is 1.19 bits per heavy atom. The molecule has 0 radical (unpaired) electrons. The van der Waals surface area contributed by atoms with Crippen molar-refractivity contribution < 1.29 is 19.0 Å². The van der Waals surface area contributed by atoms with Gasteiger partial charge in [0.1, 0.15) is 5.57 Å². The zero-order valence-corrected chi connectivity index (χ0v) is 12.9. The van der Waals surface area contributed by atoms with Crippen LogP contribution >= 0.6 is 0 Å². The Bertz CT molecular complexity index is 613. The molecule has 21 heavy (non-hydrogen) atoms. The second-order valence-electron chi connectivity index (χ2n) is 5.87. The highest BCUT2D eigenvalue weighted by Gasteiger charge is 2.52. The summed E-state index contributed by atoms with van der Waals surface area (Å²) in [5.74, 6) is 0.299. The number of hydrogen-bond donors (Lipinski definition) is 0. The number of methoxy groups -OCH3 is 1. The first-order valence-electron chi connectivity index (χ1n) is 7.16. The smallest absolute Gasteiger partial charge is 0.343 e. The van der Waals surface area contributed by atoms with E-state index in [2.05, 4.69) is 19.1 Å². The van der Waals surface area contributed by atoms with Gasteiger partial charge in [-0.2, -0.15) is 0 Å². The molecule has 4 heteroatoms. The molecule has 0 bridgehead atoms. The van der Waals surface area contributed by atoms with Crippen molar-refractivity contribution in [1.82, 2.24) is 0 Å². The van der Waals surface area contributed by atoms with Crippen LogP contribution in [0.1, 0.15) is 28.7 Å². The van der Waals surface area contributed by atoms with Crippen LogP contribution in [0.3, 0.4) is 0 Å². The van der Waals surface area contributed by atoms with E-state index in [-0.39, 0.29) is 5.97 Å². The summed E-state index contributed by atoms with van der Waals surface area (Å²) in [4.78, 5) is 12.5. The van der Waals surface area contributed by atoms with Crippen LogP contribution in [0.25, 0.3) is 5.57 Å². The van der Waals surface area contributed by atoms with E-state index in [4.69, 9.17) is 14.2 Å². The highest BCUT2D eigenvalue weighted by atomic mass is 16.6. The molecule has 1 fully saturated rings. The van der Waals surface area contributed by atoms with Crippen LogP contribution in [0, 0.1) is 20.8 Å². The van der Waals surface area contributed by atoms with Gasteiger partial charge in [0.15, 0.2) is 11.4 Å². The first-order valence-corrected chi connectivity index (χ1v) is 7.16. The first-order chi connectivity index (χ1) is 9.98. The fourth-order valence-corrected chi connectivity index (χ4v) is 3.48. The van der Waals surface area contributed by atoms with E-state index >= 15 is 0 Å². The third kappa shape index (κ3) is 2.05. The molecule has 1 aromatic carbocycles. The van der Waals surface area contributed by atoms with Crippen LogP contribution in [0.4, 0.5) is 0 Å². The van der Waals surface area contributed by atoms with Gasteiger partial charge in [-0.15, -0.1) is 0 Å². The van der Waals surface area contributed by atoms with Crippen LogP contribution < -0.4 is 0 Å². The molecule has 4 nitrogen and oxygen atoms in total. The van der Waals surface area contributed by atoms with Crippen LogP contribution in [0.15, 0.2) is 17.9 Å². The number of esters is 1. The van der Waals surface area contributed by atoms with Crippen LogP contribution in [0.2, 0.25) is 0 Å². The fraction of sp³-hybridized carbons (Fsp3) is 0.471. The highest BCUT2D eigenvalue weighted by molar-refractivity contribution is 6.20. The van der Waals surface area contributed by atoms with Crippen molar-refractivity contribution in [2.24, 2.45) is 0 Å². The average molecular weight is 288 g/mol. The topological polar surface area (TPSA) is 44.8 Å². The Kier molecular flexibility index (Phi) is 3.29. The number of carbonyl (C=O) groups is 1. The Balaban J connectivity index is 2.22. The minimum absolute atomic E-state index is 0.313. The lowest BCUT2D eigenvalue weighted by Crippen LogP contribution is -2.33. The summed E-state index contributed by atoms with van der Waals surface area (Å²) in [6.45, 7) is 7.03. The summed E-state index contributed by atoms with van der Waals surface area (Å²) in [6.07, 6.45) is 0.648. The molecule has 0 N–H and O–H groups in total. The number of ether oxygens (including phenoxy) is 3. The molecule has 1 spiro atoms. The molecule has 0 aliphatic carbocycles. The van der Waals surface area contributed by atoms with Gasteiger partial charge in [0.2, 0.25) is 0 Å². The van der Waals surface area contributed by atoms with Crippen molar-refractivity contribution in [3.8, 4) is 0 Å². The molecule has 112 valence electrons. The molecule has 2 aliphatic heterocycles. The van der Waals surface area contributed by atoms with Crippen LogP contribution in [0.5, 0.6) is 0 Å². The van der Waals surface area contributed by atoms with E-state index in [0.717, 1.165) is 16.7 Å². The Morgan fingerprint density at radius 2 is 1.86 bits per heavy atom. The standard InChI is InChI=1S/C17H20O4/c1-10-7-11(2)13(12(3)8-10)14-15(19-4)17(21-16(14)18)5-6-20-9-17/h7-8H,5-6,9H2,1-4H3. The lowest BCUT2D eigenvalue weighted by atomic mass is 9.90. The monoisotopic (exact) mass is 288 g/mol. The van der Waals surface area contributed by atoms with E-state index in [1.165, 1.54) is 5.56 Å². The maximum Gasteiger partial charge on any atom is 0.343 e. The second-order valence-corrected chi connectivity index (χ2v) is 5.87. The number of aryl methyl sites for hydroxylation is 3. The Morgan fingerprint density at radius 3 is 2.38 bits per heavy atom.